The summed E-state index contributed by atoms with van der Waals surface area (Å²) in [5, 5.41) is 2.50. The molecule has 0 saturated heterocycles. The van der Waals surface area contributed by atoms with Crippen molar-refractivity contribution in [3.8, 4) is 5.75 Å². The van der Waals surface area contributed by atoms with E-state index in [0.29, 0.717) is 5.75 Å². The van der Waals surface area contributed by atoms with Gasteiger partial charge in [-0.25, -0.2) is 8.78 Å². The van der Waals surface area contributed by atoms with Gasteiger partial charge >= 0.3 is 0 Å². The average Bonchev–Trinajstić information content (AvgIpc) is 2.53. The zero-order valence-corrected chi connectivity index (χ0v) is 14.0. The topological polar surface area (TPSA) is 38.3 Å². The first-order chi connectivity index (χ1) is 11.3. The van der Waals surface area contributed by atoms with E-state index < -0.39 is 17.5 Å². The zero-order chi connectivity index (χ0) is 17.7. The number of hydrogen-bond donors (Lipinski definition) is 1. The van der Waals surface area contributed by atoms with E-state index in [9.17, 15) is 13.6 Å². The Balaban J connectivity index is 1.82. The highest BCUT2D eigenvalue weighted by atomic mass is 19.1. The molecule has 128 valence electrons. The van der Waals surface area contributed by atoms with E-state index in [1.807, 2.05) is 24.3 Å². The Morgan fingerprint density at radius 2 is 1.75 bits per heavy atom. The van der Waals surface area contributed by atoms with Crippen molar-refractivity contribution < 1.29 is 18.3 Å². The molecule has 0 atom stereocenters. The van der Waals surface area contributed by atoms with E-state index in [1.165, 1.54) is 5.56 Å². The van der Waals surface area contributed by atoms with Crippen LogP contribution in [0.25, 0.3) is 0 Å². The van der Waals surface area contributed by atoms with E-state index in [4.69, 9.17) is 4.74 Å². The number of amides is 1. The Kier molecular flexibility index (Phi) is 5.54. The van der Waals surface area contributed by atoms with Crippen LogP contribution in [0, 0.1) is 11.6 Å². The van der Waals surface area contributed by atoms with E-state index in [-0.39, 0.29) is 24.1 Å². The van der Waals surface area contributed by atoms with Crippen LogP contribution in [-0.2, 0) is 5.41 Å². The van der Waals surface area contributed by atoms with Crippen LogP contribution < -0.4 is 10.1 Å². The van der Waals surface area contributed by atoms with Crippen LogP contribution in [0.3, 0.4) is 0 Å². The van der Waals surface area contributed by atoms with Gasteiger partial charge in [0, 0.05) is 0 Å². The van der Waals surface area contributed by atoms with Gasteiger partial charge < -0.3 is 10.1 Å². The van der Waals surface area contributed by atoms with Gasteiger partial charge in [0.2, 0.25) is 0 Å². The van der Waals surface area contributed by atoms with Gasteiger partial charge in [-0.2, -0.15) is 0 Å². The van der Waals surface area contributed by atoms with Gasteiger partial charge in [0.1, 0.15) is 24.0 Å². The third-order valence-electron chi connectivity index (χ3n) is 3.55. The first-order valence-electron chi connectivity index (χ1n) is 7.74. The highest BCUT2D eigenvalue weighted by Crippen LogP contribution is 2.24. The summed E-state index contributed by atoms with van der Waals surface area (Å²) in [7, 11) is 0. The molecule has 0 bridgehead atoms. The Morgan fingerprint density at radius 1 is 1.08 bits per heavy atom. The van der Waals surface area contributed by atoms with Crippen LogP contribution in [0.5, 0.6) is 5.75 Å². The van der Waals surface area contributed by atoms with Gasteiger partial charge in [-0.05, 0) is 41.3 Å². The average molecular weight is 333 g/mol. The Labute approximate surface area is 140 Å². The van der Waals surface area contributed by atoms with Crippen molar-refractivity contribution in [3.63, 3.8) is 0 Å². The molecule has 2 aromatic carbocycles. The van der Waals surface area contributed by atoms with Gasteiger partial charge in [-0.15, -0.1) is 0 Å². The third-order valence-corrected chi connectivity index (χ3v) is 3.55. The highest BCUT2D eigenvalue weighted by Gasteiger charge is 2.13. The molecule has 1 N–H and O–H groups in total. The Bertz CT molecular complexity index is 706. The molecule has 0 aromatic heterocycles. The third kappa shape index (κ3) is 4.78. The quantitative estimate of drug-likeness (QED) is 0.838. The molecule has 0 saturated carbocycles. The summed E-state index contributed by atoms with van der Waals surface area (Å²) >= 11 is 0. The Hall–Kier alpha value is -2.43. The number of benzene rings is 2. The van der Waals surface area contributed by atoms with Gasteiger partial charge in [0.25, 0.3) is 5.91 Å². The number of carbonyl (C=O) groups is 1. The molecule has 0 spiro atoms. The molecule has 0 radical (unpaired) electrons. The number of rotatable bonds is 5. The molecule has 0 aliphatic rings. The van der Waals surface area contributed by atoms with Crippen molar-refractivity contribution in [2.45, 2.75) is 26.2 Å². The summed E-state index contributed by atoms with van der Waals surface area (Å²) < 4.78 is 32.1. The van der Waals surface area contributed by atoms with Crippen LogP contribution in [0.1, 0.15) is 36.7 Å². The number of ether oxygens (including phenoxy) is 1. The second-order valence-corrected chi connectivity index (χ2v) is 6.50. The highest BCUT2D eigenvalue weighted by molar-refractivity contribution is 5.94. The van der Waals surface area contributed by atoms with Gasteiger partial charge in [-0.3, -0.25) is 4.79 Å². The molecule has 0 unspecified atom stereocenters. The molecule has 0 fully saturated rings. The summed E-state index contributed by atoms with van der Waals surface area (Å²) in [6, 6.07) is 10.5. The van der Waals surface area contributed by atoms with E-state index in [2.05, 4.69) is 26.1 Å². The van der Waals surface area contributed by atoms with Gasteiger partial charge in [-0.1, -0.05) is 32.9 Å². The van der Waals surface area contributed by atoms with Crippen molar-refractivity contribution in [2.24, 2.45) is 0 Å². The van der Waals surface area contributed by atoms with E-state index in [0.717, 1.165) is 18.2 Å². The lowest BCUT2D eigenvalue weighted by atomic mass is 9.87. The van der Waals surface area contributed by atoms with Crippen LogP contribution >= 0.6 is 0 Å². The maximum absolute atomic E-state index is 13.5. The lowest BCUT2D eigenvalue weighted by Gasteiger charge is -2.19. The van der Waals surface area contributed by atoms with Crippen molar-refractivity contribution in [2.75, 3.05) is 13.2 Å². The summed E-state index contributed by atoms with van der Waals surface area (Å²) in [4.78, 5) is 11.8. The monoisotopic (exact) mass is 333 g/mol. The van der Waals surface area contributed by atoms with Crippen molar-refractivity contribution in [1.29, 1.82) is 0 Å². The fraction of sp³-hybridized carbons (Fsp3) is 0.316. The SMILES string of the molecule is CC(C)(C)c1ccc(OCCNC(=O)c2cc(F)ccc2F)cc1. The van der Waals surface area contributed by atoms with Gasteiger partial charge in [0.15, 0.2) is 0 Å². The van der Waals surface area contributed by atoms with Crippen LogP contribution in [-0.4, -0.2) is 19.1 Å². The van der Waals surface area contributed by atoms with Crippen molar-refractivity contribution in [3.05, 3.63) is 65.2 Å². The molecule has 0 aliphatic heterocycles. The van der Waals surface area contributed by atoms with Gasteiger partial charge in [0.05, 0.1) is 12.1 Å². The minimum Gasteiger partial charge on any atom is -0.492 e. The molecule has 2 rings (SSSR count). The summed E-state index contributed by atoms with van der Waals surface area (Å²) in [5.74, 6) is -1.39. The van der Waals surface area contributed by atoms with E-state index in [1.54, 1.807) is 0 Å². The number of carbonyl (C=O) groups excluding carboxylic acids is 1. The molecule has 3 nitrogen and oxygen atoms in total. The standard InChI is InChI=1S/C19H21F2NO2/c1-19(2,3)13-4-7-15(8-5-13)24-11-10-22-18(23)16-12-14(20)6-9-17(16)21/h4-9,12H,10-11H2,1-3H3,(H,22,23). The first kappa shape index (κ1) is 17.9. The first-order valence-corrected chi connectivity index (χ1v) is 7.74. The Morgan fingerprint density at radius 3 is 2.38 bits per heavy atom. The van der Waals surface area contributed by atoms with E-state index >= 15 is 0 Å². The molecule has 24 heavy (non-hydrogen) atoms. The number of nitrogens with one attached hydrogen (secondary N) is 1. The fourth-order valence-corrected chi connectivity index (χ4v) is 2.15. The molecule has 1 amide bonds. The molecule has 5 heteroatoms. The normalized spacial score (nSPS) is 11.2. The van der Waals surface area contributed by atoms with Crippen LogP contribution in [0.2, 0.25) is 0 Å². The maximum atomic E-state index is 13.5. The smallest absolute Gasteiger partial charge is 0.254 e. The molecule has 0 aliphatic carbocycles. The predicted octanol–water partition coefficient (Wildman–Crippen LogP) is 4.07. The minimum atomic E-state index is -0.757. The van der Waals surface area contributed by atoms with Crippen molar-refractivity contribution in [1.82, 2.24) is 5.32 Å². The number of halogens is 2. The molecular formula is C19H21F2NO2. The largest absolute Gasteiger partial charge is 0.492 e. The second kappa shape index (κ2) is 7.43. The predicted molar refractivity (Wildman–Crippen MR) is 89.3 cm³/mol. The fourth-order valence-electron chi connectivity index (χ4n) is 2.15. The molecule has 2 aromatic rings. The summed E-state index contributed by atoms with van der Waals surface area (Å²) in [5.41, 5.74) is 0.955. The molecule has 0 heterocycles. The maximum Gasteiger partial charge on any atom is 0.254 e. The molecular weight excluding hydrogens is 312 g/mol. The van der Waals surface area contributed by atoms with Crippen molar-refractivity contribution >= 4 is 5.91 Å². The number of hydrogen-bond acceptors (Lipinski definition) is 2. The minimum absolute atomic E-state index is 0.0710. The van der Waals surface area contributed by atoms with Crippen LogP contribution in [0.15, 0.2) is 42.5 Å². The second-order valence-electron chi connectivity index (χ2n) is 6.50. The lowest BCUT2D eigenvalue weighted by Crippen LogP contribution is -2.28. The zero-order valence-electron chi connectivity index (χ0n) is 14.0. The summed E-state index contributed by atoms with van der Waals surface area (Å²) in [6.07, 6.45) is 0. The summed E-state index contributed by atoms with van der Waals surface area (Å²) in [6.45, 7) is 6.81. The van der Waals surface area contributed by atoms with Crippen LogP contribution in [0.4, 0.5) is 8.78 Å². The lowest BCUT2D eigenvalue weighted by molar-refractivity contribution is 0.0942.